The normalized spacial score (nSPS) is 10.3. The van der Waals surface area contributed by atoms with Gasteiger partial charge in [-0.2, -0.15) is 0 Å². The van der Waals surface area contributed by atoms with Crippen LogP contribution in [0.4, 0.5) is 0 Å². The van der Waals surface area contributed by atoms with Gasteiger partial charge in [-0.3, -0.25) is 0 Å². The second-order valence-corrected chi connectivity index (χ2v) is 6.19. The second kappa shape index (κ2) is 6.65. The van der Waals surface area contributed by atoms with E-state index >= 15 is 0 Å². The number of carbonyl (C=O) groups excluding carboxylic acids is 1. The molecule has 0 aliphatic heterocycles. The lowest BCUT2D eigenvalue weighted by molar-refractivity contribution is 0.0504. The Labute approximate surface area is 114 Å². The Hall–Kier alpha value is 0.117. The topological polar surface area (TPSA) is 26.3 Å². The van der Waals surface area contributed by atoms with Crippen molar-refractivity contribution in [2.75, 3.05) is 6.61 Å². The third-order valence-corrected chi connectivity index (χ3v) is 3.97. The fraction of sp³-hybridized carbons (Fsp3) is 0.300. The van der Waals surface area contributed by atoms with Crippen molar-refractivity contribution in [1.29, 1.82) is 0 Å². The molecule has 0 aromatic heterocycles. The van der Waals surface area contributed by atoms with Crippen molar-refractivity contribution >= 4 is 54.7 Å². The van der Waals surface area contributed by atoms with Crippen molar-refractivity contribution in [3.05, 3.63) is 31.8 Å². The van der Waals surface area contributed by atoms with Gasteiger partial charge in [0, 0.05) is 18.3 Å². The van der Waals surface area contributed by atoms with E-state index in [4.69, 9.17) is 4.74 Å². The van der Waals surface area contributed by atoms with Gasteiger partial charge in [-0.15, -0.1) is 0 Å². The van der Waals surface area contributed by atoms with E-state index in [0.29, 0.717) is 12.2 Å². The smallest absolute Gasteiger partial charge is 0.339 e. The first kappa shape index (κ1) is 13.2. The van der Waals surface area contributed by atoms with Gasteiger partial charge >= 0.3 is 5.97 Å². The molecule has 1 aromatic carbocycles. The Morgan fingerprint density at radius 2 is 2.27 bits per heavy atom. The molecule has 0 fully saturated rings. The summed E-state index contributed by atoms with van der Waals surface area (Å²) in [5, 5.41) is 0. The highest BCUT2D eigenvalue weighted by molar-refractivity contribution is 14.1. The number of ether oxygens (including phenoxy) is 1. The molecule has 0 N–H and O–H groups in total. The molecule has 0 heterocycles. The number of esters is 1. The lowest BCUT2D eigenvalue weighted by atomic mass is 10.2. The first-order chi connectivity index (χ1) is 7.15. The summed E-state index contributed by atoms with van der Waals surface area (Å²) in [5.74, 6) is -0.220. The van der Waals surface area contributed by atoms with E-state index in [-0.39, 0.29) is 5.97 Å². The highest BCUT2D eigenvalue weighted by Gasteiger charge is 2.10. The molecule has 0 radical (unpaired) electrons. The molecule has 15 heavy (non-hydrogen) atoms. The van der Waals surface area contributed by atoms with E-state index in [0.717, 1.165) is 14.5 Å². The van der Waals surface area contributed by atoms with Crippen LogP contribution >= 0.6 is 38.5 Å². The van der Waals surface area contributed by atoms with Gasteiger partial charge in [-0.05, 0) is 47.2 Å². The lowest BCUT2D eigenvalue weighted by Gasteiger charge is -2.05. The lowest BCUT2D eigenvalue weighted by Crippen LogP contribution is -2.08. The Bertz CT molecular complexity index is 357. The number of hydrogen-bond acceptors (Lipinski definition) is 2. The van der Waals surface area contributed by atoms with Crippen molar-refractivity contribution in [2.45, 2.75) is 12.5 Å². The Kier molecular flexibility index (Phi) is 5.84. The molecule has 0 saturated heterocycles. The van der Waals surface area contributed by atoms with Gasteiger partial charge in [-0.25, -0.2) is 4.79 Å². The maximum atomic E-state index is 11.6. The fourth-order valence-corrected chi connectivity index (χ4v) is 2.86. The largest absolute Gasteiger partial charge is 0.462 e. The molecule has 0 unspecified atom stereocenters. The first-order valence-corrected chi connectivity index (χ1v) is 8.06. The minimum atomic E-state index is -0.220. The summed E-state index contributed by atoms with van der Waals surface area (Å²) in [5.41, 5.74) is 0.646. The molecule has 0 saturated carbocycles. The standard InChI is InChI=1S/C10H12BrIO2Si/c11-7-2-3-8(9(12)6-7)10(13)14-4-1-5-15/h2-3,6H,1,4-5H2,15H3. The average molecular weight is 399 g/mol. The molecule has 0 spiro atoms. The van der Waals surface area contributed by atoms with E-state index in [1.807, 2.05) is 12.1 Å². The van der Waals surface area contributed by atoms with Crippen molar-refractivity contribution in [3.63, 3.8) is 0 Å². The van der Waals surface area contributed by atoms with Gasteiger partial charge in [-0.1, -0.05) is 22.0 Å². The van der Waals surface area contributed by atoms with E-state index < -0.39 is 0 Å². The molecule has 82 valence electrons. The summed E-state index contributed by atoms with van der Waals surface area (Å²) in [6.07, 6.45) is 0.977. The first-order valence-electron chi connectivity index (χ1n) is 4.77. The van der Waals surface area contributed by atoms with E-state index in [9.17, 15) is 4.79 Å². The van der Waals surface area contributed by atoms with Crippen LogP contribution in [0.2, 0.25) is 6.04 Å². The Morgan fingerprint density at radius 1 is 1.53 bits per heavy atom. The summed E-state index contributed by atoms with van der Waals surface area (Å²) >= 11 is 5.50. The number of hydrogen-bond donors (Lipinski definition) is 0. The van der Waals surface area contributed by atoms with Gasteiger partial charge in [0.1, 0.15) is 0 Å². The van der Waals surface area contributed by atoms with E-state index in [1.54, 1.807) is 6.07 Å². The summed E-state index contributed by atoms with van der Waals surface area (Å²) in [4.78, 5) is 11.6. The molecule has 0 amide bonds. The summed E-state index contributed by atoms with van der Waals surface area (Å²) < 4.78 is 7.04. The molecule has 1 rings (SSSR count). The van der Waals surface area contributed by atoms with Crippen LogP contribution in [0.5, 0.6) is 0 Å². The van der Waals surface area contributed by atoms with Gasteiger partial charge in [0.25, 0.3) is 0 Å². The minimum Gasteiger partial charge on any atom is -0.462 e. The monoisotopic (exact) mass is 398 g/mol. The van der Waals surface area contributed by atoms with Crippen LogP contribution in [0.3, 0.4) is 0 Å². The van der Waals surface area contributed by atoms with Gasteiger partial charge in [0.15, 0.2) is 0 Å². The van der Waals surface area contributed by atoms with E-state index in [1.165, 1.54) is 16.3 Å². The minimum absolute atomic E-state index is 0.220. The van der Waals surface area contributed by atoms with Crippen molar-refractivity contribution in [2.24, 2.45) is 0 Å². The van der Waals surface area contributed by atoms with Crippen molar-refractivity contribution in [1.82, 2.24) is 0 Å². The van der Waals surface area contributed by atoms with Crippen LogP contribution in [-0.2, 0) is 4.74 Å². The molecule has 0 atom stereocenters. The maximum absolute atomic E-state index is 11.6. The summed E-state index contributed by atoms with van der Waals surface area (Å²) in [6.45, 7) is 0.536. The fourth-order valence-electron chi connectivity index (χ4n) is 1.04. The van der Waals surface area contributed by atoms with Crippen LogP contribution in [0.25, 0.3) is 0 Å². The third-order valence-electron chi connectivity index (χ3n) is 1.88. The molecule has 5 heteroatoms. The molecule has 0 aliphatic carbocycles. The highest BCUT2D eigenvalue weighted by atomic mass is 127. The number of halogens is 2. The van der Waals surface area contributed by atoms with Crippen molar-refractivity contribution in [3.8, 4) is 0 Å². The molecule has 1 aromatic rings. The molecule has 2 nitrogen and oxygen atoms in total. The van der Waals surface area contributed by atoms with Crippen LogP contribution in [-0.4, -0.2) is 22.8 Å². The molecule has 0 bridgehead atoms. The van der Waals surface area contributed by atoms with Crippen LogP contribution in [0, 0.1) is 3.57 Å². The maximum Gasteiger partial charge on any atom is 0.339 e. The predicted octanol–water partition coefficient (Wildman–Crippen LogP) is 2.38. The number of carbonyl (C=O) groups is 1. The number of rotatable bonds is 4. The molecular weight excluding hydrogens is 387 g/mol. The predicted molar refractivity (Wildman–Crippen MR) is 76.5 cm³/mol. The van der Waals surface area contributed by atoms with Crippen LogP contribution in [0.15, 0.2) is 22.7 Å². The SMILES string of the molecule is O=C(OCCC[SiH3])c1ccc(Br)cc1I. The summed E-state index contributed by atoms with van der Waals surface area (Å²) in [7, 11) is 1.17. The van der Waals surface area contributed by atoms with Gasteiger partial charge < -0.3 is 4.74 Å². The van der Waals surface area contributed by atoms with E-state index in [2.05, 4.69) is 38.5 Å². The van der Waals surface area contributed by atoms with Crippen LogP contribution < -0.4 is 0 Å². The second-order valence-electron chi connectivity index (χ2n) is 3.11. The zero-order valence-corrected chi connectivity index (χ0v) is 14.2. The summed E-state index contributed by atoms with van der Waals surface area (Å²) in [6, 6.07) is 6.72. The van der Waals surface area contributed by atoms with Gasteiger partial charge in [0.05, 0.1) is 12.2 Å². The molecule has 0 aliphatic rings. The number of benzene rings is 1. The zero-order chi connectivity index (χ0) is 11.3. The van der Waals surface area contributed by atoms with Crippen molar-refractivity contribution < 1.29 is 9.53 Å². The average Bonchev–Trinajstić information content (AvgIpc) is 2.17. The Balaban J connectivity index is 2.65. The highest BCUT2D eigenvalue weighted by Crippen LogP contribution is 2.19. The van der Waals surface area contributed by atoms with Crippen LogP contribution in [0.1, 0.15) is 16.8 Å². The Morgan fingerprint density at radius 3 is 2.87 bits per heavy atom. The zero-order valence-electron chi connectivity index (χ0n) is 8.43. The van der Waals surface area contributed by atoms with Gasteiger partial charge in [0.2, 0.25) is 0 Å². The quantitative estimate of drug-likeness (QED) is 0.337. The third kappa shape index (κ3) is 4.24. The molecular formula is C10H12BrIO2Si.